The van der Waals surface area contributed by atoms with Crippen LogP contribution in [0.25, 0.3) is 0 Å². The van der Waals surface area contributed by atoms with Gasteiger partial charge in [-0.3, -0.25) is 0 Å². The van der Waals surface area contributed by atoms with Crippen molar-refractivity contribution in [3.05, 3.63) is 34.4 Å². The highest BCUT2D eigenvalue weighted by molar-refractivity contribution is 5.44. The van der Waals surface area contributed by atoms with E-state index in [9.17, 15) is 0 Å². The van der Waals surface area contributed by atoms with E-state index in [1.807, 2.05) is 0 Å². The number of benzene rings is 1. The molecule has 0 heteroatoms. The first-order valence-electron chi connectivity index (χ1n) is 9.97. The van der Waals surface area contributed by atoms with E-state index in [-0.39, 0.29) is 0 Å². The summed E-state index contributed by atoms with van der Waals surface area (Å²) in [6.07, 6.45) is 17.4. The average Bonchev–Trinajstić information content (AvgIpc) is 3.29. The van der Waals surface area contributed by atoms with Crippen LogP contribution in [0.15, 0.2) is 12.1 Å². The first-order valence-corrected chi connectivity index (χ1v) is 9.97. The second-order valence-corrected chi connectivity index (χ2v) is 8.27. The Morgan fingerprint density at radius 1 is 0.591 bits per heavy atom. The van der Waals surface area contributed by atoms with Gasteiger partial charge in [-0.1, -0.05) is 50.7 Å². The maximum Gasteiger partial charge on any atom is -0.0159 e. The predicted molar refractivity (Wildman–Crippen MR) is 94.8 cm³/mol. The summed E-state index contributed by atoms with van der Waals surface area (Å²) >= 11 is 0. The fraction of sp³-hybridized carbons (Fsp3) is 0.727. The SMILES string of the molecule is Cc1c(C2CCCC2)cc(C2CCCC2)cc1C1CCCC1. The Hall–Kier alpha value is -0.780. The maximum absolute atomic E-state index is 2.65. The van der Waals surface area contributed by atoms with E-state index in [2.05, 4.69) is 19.1 Å². The minimum atomic E-state index is 0.876. The van der Waals surface area contributed by atoms with Crippen molar-refractivity contribution in [1.82, 2.24) is 0 Å². The number of rotatable bonds is 3. The Morgan fingerprint density at radius 3 is 1.36 bits per heavy atom. The van der Waals surface area contributed by atoms with Crippen LogP contribution in [0.3, 0.4) is 0 Å². The molecule has 120 valence electrons. The van der Waals surface area contributed by atoms with Crippen LogP contribution in [0.4, 0.5) is 0 Å². The summed E-state index contributed by atoms with van der Waals surface area (Å²) in [7, 11) is 0. The number of hydrogen-bond acceptors (Lipinski definition) is 0. The Kier molecular flexibility index (Phi) is 4.29. The predicted octanol–water partition coefficient (Wildman–Crippen LogP) is 6.97. The maximum atomic E-state index is 2.65. The Bertz CT molecular complexity index is 472. The molecule has 0 spiro atoms. The minimum Gasteiger partial charge on any atom is -0.0550 e. The van der Waals surface area contributed by atoms with E-state index in [0.29, 0.717) is 0 Å². The zero-order valence-corrected chi connectivity index (χ0v) is 14.4. The summed E-state index contributed by atoms with van der Waals surface area (Å²) in [5, 5.41) is 0. The molecule has 0 heterocycles. The van der Waals surface area contributed by atoms with Crippen molar-refractivity contribution < 1.29 is 0 Å². The summed E-state index contributed by atoms with van der Waals surface area (Å²) in [4.78, 5) is 0. The molecule has 3 aliphatic rings. The molecule has 3 saturated carbocycles. The molecule has 3 aliphatic carbocycles. The van der Waals surface area contributed by atoms with Crippen LogP contribution < -0.4 is 0 Å². The van der Waals surface area contributed by atoms with Crippen molar-refractivity contribution in [2.75, 3.05) is 0 Å². The Morgan fingerprint density at radius 2 is 0.955 bits per heavy atom. The molecule has 0 atom stereocenters. The third-order valence-electron chi connectivity index (χ3n) is 6.93. The van der Waals surface area contributed by atoms with E-state index < -0.39 is 0 Å². The highest BCUT2D eigenvalue weighted by atomic mass is 14.3. The van der Waals surface area contributed by atoms with Gasteiger partial charge in [0.2, 0.25) is 0 Å². The highest BCUT2D eigenvalue weighted by Gasteiger charge is 2.27. The molecule has 0 amide bonds. The normalized spacial score (nSPS) is 24.6. The first kappa shape index (κ1) is 14.8. The van der Waals surface area contributed by atoms with Gasteiger partial charge in [-0.25, -0.2) is 0 Å². The van der Waals surface area contributed by atoms with Crippen molar-refractivity contribution >= 4 is 0 Å². The summed E-state index contributed by atoms with van der Waals surface area (Å²) in [6, 6.07) is 5.31. The Labute approximate surface area is 136 Å². The average molecular weight is 296 g/mol. The van der Waals surface area contributed by atoms with Crippen LogP contribution in [0, 0.1) is 6.92 Å². The summed E-state index contributed by atoms with van der Waals surface area (Å²) in [6.45, 7) is 2.44. The lowest BCUT2D eigenvalue weighted by Crippen LogP contribution is -2.06. The van der Waals surface area contributed by atoms with E-state index in [1.165, 1.54) is 77.0 Å². The topological polar surface area (TPSA) is 0 Å². The molecule has 3 fully saturated rings. The molecule has 1 aromatic carbocycles. The number of hydrogen-bond donors (Lipinski definition) is 0. The van der Waals surface area contributed by atoms with E-state index in [0.717, 1.165) is 17.8 Å². The first-order chi connectivity index (χ1) is 10.8. The van der Waals surface area contributed by atoms with Crippen LogP contribution in [-0.4, -0.2) is 0 Å². The highest BCUT2D eigenvalue weighted by Crippen LogP contribution is 2.44. The minimum absolute atomic E-state index is 0.876. The zero-order chi connectivity index (χ0) is 14.9. The quantitative estimate of drug-likeness (QED) is 0.565. The van der Waals surface area contributed by atoms with Crippen LogP contribution in [0.1, 0.15) is 117 Å². The van der Waals surface area contributed by atoms with Gasteiger partial charge in [0.1, 0.15) is 0 Å². The smallest absolute Gasteiger partial charge is 0.0159 e. The van der Waals surface area contributed by atoms with Gasteiger partial charge in [0.15, 0.2) is 0 Å². The lowest BCUT2D eigenvalue weighted by Gasteiger charge is -2.24. The third-order valence-corrected chi connectivity index (χ3v) is 6.93. The molecular weight excluding hydrogens is 264 g/mol. The van der Waals surface area contributed by atoms with Crippen LogP contribution >= 0.6 is 0 Å². The molecule has 0 aliphatic heterocycles. The van der Waals surface area contributed by atoms with Crippen molar-refractivity contribution in [2.24, 2.45) is 0 Å². The molecule has 0 unspecified atom stereocenters. The fourth-order valence-electron chi connectivity index (χ4n) is 5.60. The third kappa shape index (κ3) is 2.74. The van der Waals surface area contributed by atoms with Crippen LogP contribution in [-0.2, 0) is 0 Å². The monoisotopic (exact) mass is 296 g/mol. The summed E-state index contributed by atoms with van der Waals surface area (Å²) in [5.41, 5.74) is 6.90. The molecule has 0 N–H and O–H groups in total. The van der Waals surface area contributed by atoms with Gasteiger partial charge in [0.05, 0.1) is 0 Å². The molecule has 0 nitrogen and oxygen atoms in total. The fourth-order valence-corrected chi connectivity index (χ4v) is 5.60. The van der Waals surface area contributed by atoms with Crippen molar-refractivity contribution in [2.45, 2.75) is 102 Å². The van der Waals surface area contributed by atoms with Crippen LogP contribution in [0.5, 0.6) is 0 Å². The molecule has 22 heavy (non-hydrogen) atoms. The van der Waals surface area contributed by atoms with Gasteiger partial charge < -0.3 is 0 Å². The lowest BCUT2D eigenvalue weighted by atomic mass is 9.81. The van der Waals surface area contributed by atoms with Gasteiger partial charge in [-0.05, 0) is 85.5 Å². The van der Waals surface area contributed by atoms with E-state index in [4.69, 9.17) is 0 Å². The van der Waals surface area contributed by atoms with Gasteiger partial charge >= 0.3 is 0 Å². The molecule has 1 aromatic rings. The van der Waals surface area contributed by atoms with Crippen molar-refractivity contribution in [3.63, 3.8) is 0 Å². The molecular formula is C22H32. The van der Waals surface area contributed by atoms with Gasteiger partial charge in [0, 0.05) is 0 Å². The summed E-state index contributed by atoms with van der Waals surface area (Å²) < 4.78 is 0. The molecule has 0 saturated heterocycles. The second-order valence-electron chi connectivity index (χ2n) is 8.27. The standard InChI is InChI=1S/C22H32/c1-16-21(18-10-4-5-11-18)14-20(17-8-2-3-9-17)15-22(16)19-12-6-7-13-19/h14-15,17-19H,2-13H2,1H3. The van der Waals surface area contributed by atoms with Crippen LogP contribution in [0.2, 0.25) is 0 Å². The van der Waals surface area contributed by atoms with Gasteiger partial charge in [-0.15, -0.1) is 0 Å². The van der Waals surface area contributed by atoms with E-state index >= 15 is 0 Å². The summed E-state index contributed by atoms with van der Waals surface area (Å²) in [5.74, 6) is 2.63. The van der Waals surface area contributed by atoms with Crippen molar-refractivity contribution in [3.8, 4) is 0 Å². The van der Waals surface area contributed by atoms with Gasteiger partial charge in [-0.2, -0.15) is 0 Å². The molecule has 0 radical (unpaired) electrons. The molecule has 4 rings (SSSR count). The van der Waals surface area contributed by atoms with Crippen molar-refractivity contribution in [1.29, 1.82) is 0 Å². The van der Waals surface area contributed by atoms with E-state index in [1.54, 1.807) is 22.3 Å². The molecule has 0 aromatic heterocycles. The zero-order valence-electron chi connectivity index (χ0n) is 14.4. The van der Waals surface area contributed by atoms with Gasteiger partial charge in [0.25, 0.3) is 0 Å². The lowest BCUT2D eigenvalue weighted by molar-refractivity contribution is 0.671. The molecule has 0 bridgehead atoms. The largest absolute Gasteiger partial charge is 0.0550 e. The Balaban J connectivity index is 1.74. The second kappa shape index (κ2) is 6.38.